The van der Waals surface area contributed by atoms with Crippen molar-refractivity contribution in [2.75, 3.05) is 13.7 Å². The molecule has 116 valence electrons. The van der Waals surface area contributed by atoms with Gasteiger partial charge in [-0.15, -0.1) is 0 Å². The summed E-state index contributed by atoms with van der Waals surface area (Å²) in [5.74, 6) is -0.966. The van der Waals surface area contributed by atoms with E-state index in [1.165, 1.54) is 7.11 Å². The van der Waals surface area contributed by atoms with Crippen LogP contribution in [0, 0.1) is 0 Å². The summed E-state index contributed by atoms with van der Waals surface area (Å²) < 4.78 is 5.93. The molecule has 0 radical (unpaired) electrons. The van der Waals surface area contributed by atoms with Crippen LogP contribution in [0.25, 0.3) is 0 Å². The molecule has 2 amide bonds. The van der Waals surface area contributed by atoms with Crippen molar-refractivity contribution in [1.29, 1.82) is 0 Å². The molecule has 1 aromatic rings. The number of amides is 2. The van der Waals surface area contributed by atoms with E-state index < -0.39 is 12.1 Å². The number of rotatable bonds is 7. The molecule has 0 aliphatic rings. The molecular weight excluding hydrogens is 340 g/mol. The summed E-state index contributed by atoms with van der Waals surface area (Å²) in [6.45, 7) is 2.01. The monoisotopic (exact) mass is 358 g/mol. The van der Waals surface area contributed by atoms with Gasteiger partial charge in [0.2, 0.25) is 0 Å². The van der Waals surface area contributed by atoms with Gasteiger partial charge < -0.3 is 20.5 Å². The Bertz CT molecular complexity index is 496. The number of halogens is 1. The third kappa shape index (κ3) is 6.59. The van der Waals surface area contributed by atoms with Crippen molar-refractivity contribution in [1.82, 2.24) is 10.6 Å². The van der Waals surface area contributed by atoms with Crippen molar-refractivity contribution in [2.45, 2.75) is 25.5 Å². The van der Waals surface area contributed by atoms with Gasteiger partial charge in [-0.1, -0.05) is 28.1 Å². The van der Waals surface area contributed by atoms with Crippen molar-refractivity contribution in [3.8, 4) is 0 Å². The zero-order valence-corrected chi connectivity index (χ0v) is 13.5. The topological polar surface area (TPSA) is 87.7 Å². The molecule has 2 unspecified atom stereocenters. The summed E-state index contributed by atoms with van der Waals surface area (Å²) in [6, 6.07) is 7.11. The van der Waals surface area contributed by atoms with E-state index in [2.05, 4.69) is 26.6 Å². The molecule has 3 N–H and O–H groups in total. The minimum Gasteiger partial charge on any atom is -0.481 e. The van der Waals surface area contributed by atoms with Crippen LogP contribution in [0.15, 0.2) is 28.7 Å². The van der Waals surface area contributed by atoms with Gasteiger partial charge >= 0.3 is 12.0 Å². The number of methoxy groups -OCH3 is 1. The minimum atomic E-state index is -0.966. The average molecular weight is 359 g/mol. The molecule has 0 fully saturated rings. The van der Waals surface area contributed by atoms with Crippen LogP contribution < -0.4 is 10.6 Å². The fourth-order valence-corrected chi connectivity index (χ4v) is 2.16. The molecule has 0 saturated heterocycles. The molecule has 7 heteroatoms. The molecule has 0 aliphatic carbocycles. The highest BCUT2D eigenvalue weighted by Crippen LogP contribution is 2.17. The summed E-state index contributed by atoms with van der Waals surface area (Å²) in [4.78, 5) is 22.4. The van der Waals surface area contributed by atoms with Crippen LogP contribution in [0.3, 0.4) is 0 Å². The van der Waals surface area contributed by atoms with E-state index in [0.717, 1.165) is 10.0 Å². The molecule has 0 heterocycles. The lowest BCUT2D eigenvalue weighted by Crippen LogP contribution is -2.41. The first-order chi connectivity index (χ1) is 9.92. The van der Waals surface area contributed by atoms with Crippen LogP contribution in [0.5, 0.6) is 0 Å². The summed E-state index contributed by atoms with van der Waals surface area (Å²) >= 11 is 3.38. The Kier molecular flexibility index (Phi) is 7.18. The van der Waals surface area contributed by atoms with Gasteiger partial charge in [0, 0.05) is 18.1 Å². The maximum Gasteiger partial charge on any atom is 0.315 e. The zero-order chi connectivity index (χ0) is 15.8. The molecule has 0 spiro atoms. The van der Waals surface area contributed by atoms with Crippen LogP contribution >= 0.6 is 15.9 Å². The highest BCUT2D eigenvalue weighted by molar-refractivity contribution is 9.10. The Balaban J connectivity index is 2.44. The van der Waals surface area contributed by atoms with Crippen LogP contribution in [0.2, 0.25) is 0 Å². The molecule has 6 nitrogen and oxygen atoms in total. The summed E-state index contributed by atoms with van der Waals surface area (Å²) in [5.41, 5.74) is 0.966. The number of benzene rings is 1. The Hall–Kier alpha value is -1.60. The Labute approximate surface area is 132 Å². The maximum atomic E-state index is 11.8. The van der Waals surface area contributed by atoms with E-state index in [1.54, 1.807) is 0 Å². The van der Waals surface area contributed by atoms with E-state index >= 15 is 0 Å². The number of carbonyl (C=O) groups is 2. The van der Waals surface area contributed by atoms with E-state index in [9.17, 15) is 9.59 Å². The predicted molar refractivity (Wildman–Crippen MR) is 82.1 cm³/mol. The van der Waals surface area contributed by atoms with Crippen molar-refractivity contribution in [3.05, 3.63) is 34.3 Å². The number of nitrogens with one attached hydrogen (secondary N) is 2. The second kappa shape index (κ2) is 8.63. The third-order valence-corrected chi connectivity index (χ3v) is 3.42. The molecule has 0 aromatic heterocycles. The smallest absolute Gasteiger partial charge is 0.315 e. The first kappa shape index (κ1) is 17.5. The molecular formula is C14H19BrN2O4. The van der Waals surface area contributed by atoms with Gasteiger partial charge in [0.25, 0.3) is 0 Å². The number of carboxylic acids is 1. The largest absolute Gasteiger partial charge is 0.481 e. The Morgan fingerprint density at radius 3 is 2.71 bits per heavy atom. The van der Waals surface area contributed by atoms with Gasteiger partial charge in [-0.25, -0.2) is 4.79 Å². The number of ether oxygens (including phenoxy) is 1. The maximum absolute atomic E-state index is 11.8. The molecule has 0 bridgehead atoms. The molecule has 0 aliphatic heterocycles. The first-order valence-corrected chi connectivity index (χ1v) is 7.26. The van der Waals surface area contributed by atoms with Gasteiger partial charge in [0.15, 0.2) is 0 Å². The second-order valence-corrected chi connectivity index (χ2v) is 5.50. The highest BCUT2D eigenvalue weighted by atomic mass is 79.9. The Morgan fingerprint density at radius 2 is 2.14 bits per heavy atom. The number of aliphatic carboxylic acids is 1. The van der Waals surface area contributed by atoms with Gasteiger partial charge in [-0.05, 0) is 24.6 Å². The SMILES string of the molecule is COC(CNC(=O)NC(C)c1cccc(Br)c1)CC(=O)O. The van der Waals surface area contributed by atoms with Crippen LogP contribution in [0.1, 0.15) is 24.9 Å². The van der Waals surface area contributed by atoms with Gasteiger partial charge in [0.1, 0.15) is 0 Å². The third-order valence-electron chi connectivity index (χ3n) is 2.92. The number of hydrogen-bond donors (Lipinski definition) is 3. The second-order valence-electron chi connectivity index (χ2n) is 4.59. The molecule has 2 atom stereocenters. The van der Waals surface area contributed by atoms with Crippen LogP contribution in [-0.4, -0.2) is 36.9 Å². The lowest BCUT2D eigenvalue weighted by molar-refractivity contribution is -0.139. The number of carboxylic acid groups (broad SMARTS) is 1. The lowest BCUT2D eigenvalue weighted by Gasteiger charge is -2.18. The molecule has 1 aromatic carbocycles. The van der Waals surface area contributed by atoms with E-state index in [4.69, 9.17) is 9.84 Å². The predicted octanol–water partition coefficient (Wildman–Crippen LogP) is 2.30. The van der Waals surface area contributed by atoms with Crippen molar-refractivity contribution >= 4 is 27.9 Å². The molecule has 0 saturated carbocycles. The van der Waals surface area contributed by atoms with E-state index in [1.807, 2.05) is 31.2 Å². The van der Waals surface area contributed by atoms with Gasteiger partial charge in [-0.3, -0.25) is 4.79 Å². The molecule has 1 rings (SSSR count). The fraction of sp³-hybridized carbons (Fsp3) is 0.429. The average Bonchev–Trinajstić information content (AvgIpc) is 2.43. The Morgan fingerprint density at radius 1 is 1.43 bits per heavy atom. The summed E-state index contributed by atoms with van der Waals surface area (Å²) in [5, 5.41) is 14.1. The van der Waals surface area contributed by atoms with E-state index in [-0.39, 0.29) is 25.0 Å². The van der Waals surface area contributed by atoms with Gasteiger partial charge in [-0.2, -0.15) is 0 Å². The van der Waals surface area contributed by atoms with Crippen molar-refractivity contribution in [3.63, 3.8) is 0 Å². The van der Waals surface area contributed by atoms with Crippen LogP contribution in [-0.2, 0) is 9.53 Å². The number of hydrogen-bond acceptors (Lipinski definition) is 3. The normalized spacial score (nSPS) is 13.3. The first-order valence-electron chi connectivity index (χ1n) is 6.46. The lowest BCUT2D eigenvalue weighted by atomic mass is 10.1. The summed E-state index contributed by atoms with van der Waals surface area (Å²) in [7, 11) is 1.41. The van der Waals surface area contributed by atoms with Crippen molar-refractivity contribution < 1.29 is 19.4 Å². The van der Waals surface area contributed by atoms with E-state index in [0.29, 0.717) is 0 Å². The fourth-order valence-electron chi connectivity index (χ4n) is 1.75. The number of urea groups is 1. The standard InChI is InChI=1S/C14H19BrN2O4/c1-9(10-4-3-5-11(15)6-10)17-14(20)16-8-12(21-2)7-13(18)19/h3-6,9,12H,7-8H2,1-2H3,(H,18,19)(H2,16,17,20). The molecule has 21 heavy (non-hydrogen) atoms. The summed E-state index contributed by atoms with van der Waals surface area (Å²) in [6.07, 6.45) is -0.702. The van der Waals surface area contributed by atoms with Crippen molar-refractivity contribution in [2.24, 2.45) is 0 Å². The highest BCUT2D eigenvalue weighted by Gasteiger charge is 2.15. The zero-order valence-electron chi connectivity index (χ0n) is 11.9. The van der Waals surface area contributed by atoms with Crippen LogP contribution in [0.4, 0.5) is 4.79 Å². The quantitative estimate of drug-likeness (QED) is 0.697. The number of carbonyl (C=O) groups excluding carboxylic acids is 1. The van der Waals surface area contributed by atoms with Gasteiger partial charge in [0.05, 0.1) is 18.6 Å². The minimum absolute atomic E-state index is 0.139.